The summed E-state index contributed by atoms with van der Waals surface area (Å²) in [5.74, 6) is -0.285. The monoisotopic (exact) mass is 220 g/mol. The summed E-state index contributed by atoms with van der Waals surface area (Å²) in [4.78, 5) is 0. The highest BCUT2D eigenvalue weighted by Crippen LogP contribution is 2.28. The minimum absolute atomic E-state index is 0.285. The number of anilines is 2. The van der Waals surface area contributed by atoms with E-state index in [4.69, 9.17) is 5.73 Å². The van der Waals surface area contributed by atoms with E-state index in [1.807, 2.05) is 6.92 Å². The van der Waals surface area contributed by atoms with Gasteiger partial charge in [0.05, 0.1) is 11.4 Å². The van der Waals surface area contributed by atoms with Crippen LogP contribution >= 0.6 is 0 Å². The molecule has 1 aromatic carbocycles. The van der Waals surface area contributed by atoms with Crippen molar-refractivity contribution in [2.45, 2.75) is 13.3 Å². The van der Waals surface area contributed by atoms with Crippen molar-refractivity contribution >= 4 is 11.4 Å². The number of hydrogen-bond acceptors (Lipinski definition) is 3. The molecule has 1 rings (SSSR count). The number of alkyl halides is 3. The van der Waals surface area contributed by atoms with Gasteiger partial charge in [-0.3, -0.25) is 0 Å². The van der Waals surface area contributed by atoms with Gasteiger partial charge in [-0.1, -0.05) is 0 Å². The molecule has 0 radical (unpaired) electrons. The fourth-order valence-corrected chi connectivity index (χ4v) is 1.08. The van der Waals surface area contributed by atoms with Gasteiger partial charge in [-0.2, -0.15) is 0 Å². The van der Waals surface area contributed by atoms with Crippen molar-refractivity contribution in [3.8, 4) is 5.75 Å². The van der Waals surface area contributed by atoms with E-state index in [-0.39, 0.29) is 5.75 Å². The summed E-state index contributed by atoms with van der Waals surface area (Å²) in [6, 6.07) is 3.75. The molecule has 0 heterocycles. The van der Waals surface area contributed by atoms with Crippen LogP contribution < -0.4 is 15.8 Å². The second-order valence-electron chi connectivity index (χ2n) is 2.83. The van der Waals surface area contributed by atoms with E-state index in [0.717, 1.165) is 0 Å². The van der Waals surface area contributed by atoms with Crippen LogP contribution in [0.25, 0.3) is 0 Å². The first-order chi connectivity index (χ1) is 6.92. The summed E-state index contributed by atoms with van der Waals surface area (Å²) in [6.07, 6.45) is -4.68. The largest absolute Gasteiger partial charge is 0.573 e. The van der Waals surface area contributed by atoms with Gasteiger partial charge in [0.15, 0.2) is 0 Å². The van der Waals surface area contributed by atoms with Crippen LogP contribution in [0, 0.1) is 0 Å². The molecule has 0 amide bonds. The van der Waals surface area contributed by atoms with Gasteiger partial charge in [0.25, 0.3) is 0 Å². The molecule has 0 bridgehead atoms. The minimum Gasteiger partial charge on any atom is -0.406 e. The lowest BCUT2D eigenvalue weighted by atomic mass is 10.2. The average Bonchev–Trinajstić information content (AvgIpc) is 2.09. The number of hydrogen-bond donors (Lipinski definition) is 2. The Balaban J connectivity index is 2.87. The highest BCUT2D eigenvalue weighted by molar-refractivity contribution is 5.68. The van der Waals surface area contributed by atoms with E-state index in [9.17, 15) is 13.2 Å². The molecule has 0 unspecified atom stereocenters. The predicted molar refractivity (Wildman–Crippen MR) is 51.7 cm³/mol. The summed E-state index contributed by atoms with van der Waals surface area (Å²) >= 11 is 0. The van der Waals surface area contributed by atoms with Crippen molar-refractivity contribution < 1.29 is 17.9 Å². The van der Waals surface area contributed by atoms with Crippen LogP contribution in [0.3, 0.4) is 0 Å². The Labute approximate surface area is 85.0 Å². The highest BCUT2D eigenvalue weighted by Gasteiger charge is 2.31. The van der Waals surface area contributed by atoms with Crippen molar-refractivity contribution in [1.29, 1.82) is 0 Å². The smallest absolute Gasteiger partial charge is 0.406 e. The van der Waals surface area contributed by atoms with Crippen molar-refractivity contribution in [2.24, 2.45) is 0 Å². The van der Waals surface area contributed by atoms with Gasteiger partial charge < -0.3 is 15.8 Å². The summed E-state index contributed by atoms with van der Waals surface area (Å²) in [6.45, 7) is 2.39. The zero-order valence-electron chi connectivity index (χ0n) is 8.06. The molecule has 0 aromatic heterocycles. The third kappa shape index (κ3) is 3.57. The van der Waals surface area contributed by atoms with E-state index < -0.39 is 6.36 Å². The molecule has 0 aliphatic carbocycles. The van der Waals surface area contributed by atoms with Crippen LogP contribution in [0.1, 0.15) is 6.92 Å². The summed E-state index contributed by atoms with van der Waals surface area (Å²) < 4.78 is 39.4. The third-order valence-corrected chi connectivity index (χ3v) is 1.63. The quantitative estimate of drug-likeness (QED) is 0.769. The highest BCUT2D eigenvalue weighted by atomic mass is 19.4. The van der Waals surface area contributed by atoms with Gasteiger partial charge in [0, 0.05) is 12.6 Å². The fraction of sp³-hybridized carbons (Fsp3) is 0.333. The molecule has 15 heavy (non-hydrogen) atoms. The number of rotatable bonds is 3. The van der Waals surface area contributed by atoms with E-state index in [2.05, 4.69) is 10.1 Å². The molecule has 84 valence electrons. The zero-order valence-corrected chi connectivity index (χ0v) is 8.06. The molecular weight excluding hydrogens is 209 g/mol. The van der Waals surface area contributed by atoms with Crippen LogP contribution in [-0.2, 0) is 0 Å². The van der Waals surface area contributed by atoms with E-state index in [1.54, 1.807) is 0 Å². The molecule has 0 spiro atoms. The molecule has 1 aromatic rings. The predicted octanol–water partition coefficient (Wildman–Crippen LogP) is 2.60. The normalized spacial score (nSPS) is 11.2. The van der Waals surface area contributed by atoms with Gasteiger partial charge in [0.1, 0.15) is 5.75 Å². The summed E-state index contributed by atoms with van der Waals surface area (Å²) in [7, 11) is 0. The van der Waals surface area contributed by atoms with Crippen LogP contribution in [-0.4, -0.2) is 12.9 Å². The fourth-order valence-electron chi connectivity index (χ4n) is 1.08. The Bertz CT molecular complexity index is 339. The van der Waals surface area contributed by atoms with Gasteiger partial charge in [-0.25, -0.2) is 0 Å². The van der Waals surface area contributed by atoms with Crippen LogP contribution in [0.15, 0.2) is 18.2 Å². The molecule has 3 N–H and O–H groups in total. The first-order valence-electron chi connectivity index (χ1n) is 4.31. The molecule has 6 heteroatoms. The zero-order chi connectivity index (χ0) is 11.5. The van der Waals surface area contributed by atoms with Crippen LogP contribution in [0.5, 0.6) is 5.75 Å². The molecule has 0 atom stereocenters. The standard InChI is InChI=1S/C9H11F3N2O/c1-2-14-8-5-6(3-4-7(8)13)15-9(10,11)12/h3-5,14H,2,13H2,1H3. The topological polar surface area (TPSA) is 47.3 Å². The summed E-state index contributed by atoms with van der Waals surface area (Å²) in [5, 5.41) is 2.83. The second-order valence-corrected chi connectivity index (χ2v) is 2.83. The lowest BCUT2D eigenvalue weighted by Crippen LogP contribution is -2.17. The van der Waals surface area contributed by atoms with Crippen molar-refractivity contribution in [2.75, 3.05) is 17.6 Å². The Kier molecular flexibility index (Phi) is 3.28. The Morgan fingerprint density at radius 1 is 1.40 bits per heavy atom. The maximum Gasteiger partial charge on any atom is 0.573 e. The first-order valence-corrected chi connectivity index (χ1v) is 4.31. The number of nitrogens with two attached hydrogens (primary N) is 1. The molecule has 0 fully saturated rings. The van der Waals surface area contributed by atoms with Gasteiger partial charge >= 0.3 is 6.36 Å². The van der Waals surface area contributed by atoms with E-state index in [1.165, 1.54) is 18.2 Å². The maximum absolute atomic E-state index is 11.9. The molecular formula is C9H11F3N2O. The Morgan fingerprint density at radius 3 is 2.60 bits per heavy atom. The molecule has 0 saturated heterocycles. The van der Waals surface area contributed by atoms with E-state index >= 15 is 0 Å². The van der Waals surface area contributed by atoms with Crippen LogP contribution in [0.4, 0.5) is 24.5 Å². The number of halogens is 3. The number of nitrogen functional groups attached to an aromatic ring is 1. The van der Waals surface area contributed by atoms with Gasteiger partial charge in [0.2, 0.25) is 0 Å². The number of benzene rings is 1. The molecule has 0 saturated carbocycles. The van der Waals surface area contributed by atoms with Gasteiger partial charge in [-0.15, -0.1) is 13.2 Å². The van der Waals surface area contributed by atoms with Crippen molar-refractivity contribution in [3.05, 3.63) is 18.2 Å². The second kappa shape index (κ2) is 4.29. The van der Waals surface area contributed by atoms with Crippen molar-refractivity contribution in [1.82, 2.24) is 0 Å². The van der Waals surface area contributed by atoms with E-state index in [0.29, 0.717) is 17.9 Å². The first kappa shape index (κ1) is 11.5. The third-order valence-electron chi connectivity index (χ3n) is 1.63. The lowest BCUT2D eigenvalue weighted by Gasteiger charge is -2.12. The number of nitrogens with one attached hydrogen (secondary N) is 1. The summed E-state index contributed by atoms with van der Waals surface area (Å²) in [5.41, 5.74) is 6.35. The lowest BCUT2D eigenvalue weighted by molar-refractivity contribution is -0.274. The maximum atomic E-state index is 11.9. The number of ether oxygens (including phenoxy) is 1. The molecule has 0 aliphatic heterocycles. The minimum atomic E-state index is -4.68. The van der Waals surface area contributed by atoms with Gasteiger partial charge in [-0.05, 0) is 19.1 Å². The average molecular weight is 220 g/mol. The van der Waals surface area contributed by atoms with Crippen LogP contribution in [0.2, 0.25) is 0 Å². The SMILES string of the molecule is CCNc1cc(OC(F)(F)F)ccc1N. The molecule has 0 aliphatic rings. The van der Waals surface area contributed by atoms with Crippen molar-refractivity contribution in [3.63, 3.8) is 0 Å². The Morgan fingerprint density at radius 2 is 2.07 bits per heavy atom. The molecule has 3 nitrogen and oxygen atoms in total. The Hall–Kier alpha value is -1.59.